The number of hydrogen-bond donors (Lipinski definition) is 1. The first-order valence-corrected chi connectivity index (χ1v) is 9.59. The molecular weight excluding hydrogens is 567 g/mol. The Hall–Kier alpha value is -3.27. The van der Waals surface area contributed by atoms with Crippen molar-refractivity contribution in [1.29, 1.82) is 0 Å². The number of benzene rings is 3. The predicted molar refractivity (Wildman–Crippen MR) is 120 cm³/mol. The zero-order valence-electron chi connectivity index (χ0n) is 17.0. The SMILES string of the molecule is CC(=O)/C=C(/C)O.[Ir].[c-]1ccccc1-c1nc2ccccc2c2c1oc1ccccc12. The van der Waals surface area contributed by atoms with Gasteiger partial charge in [0.1, 0.15) is 11.2 Å². The first kappa shape index (κ1) is 22.4. The third-order valence-electron chi connectivity index (χ3n) is 4.59. The Morgan fingerprint density at radius 2 is 1.65 bits per heavy atom. The molecule has 5 heteroatoms. The Labute approximate surface area is 193 Å². The Morgan fingerprint density at radius 1 is 0.968 bits per heavy atom. The summed E-state index contributed by atoms with van der Waals surface area (Å²) in [7, 11) is 0. The topological polar surface area (TPSA) is 63.3 Å². The minimum Gasteiger partial charge on any atom is -0.512 e. The third-order valence-corrected chi connectivity index (χ3v) is 4.59. The van der Waals surface area contributed by atoms with Crippen LogP contribution in [0.25, 0.3) is 44.1 Å². The van der Waals surface area contributed by atoms with Gasteiger partial charge in [0.25, 0.3) is 0 Å². The minimum absolute atomic E-state index is 0. The fraction of sp³-hybridized carbons (Fsp3) is 0.0769. The van der Waals surface area contributed by atoms with Crippen LogP contribution in [-0.4, -0.2) is 15.9 Å². The van der Waals surface area contributed by atoms with Crippen LogP contribution >= 0.6 is 0 Å². The second-order valence-corrected chi connectivity index (χ2v) is 6.95. The van der Waals surface area contributed by atoms with Gasteiger partial charge in [-0.05, 0) is 26.0 Å². The van der Waals surface area contributed by atoms with Gasteiger partial charge in [-0.2, -0.15) is 0 Å². The van der Waals surface area contributed by atoms with E-state index in [-0.39, 0.29) is 31.6 Å². The molecular formula is C26H20IrNO3-. The molecule has 0 amide bonds. The van der Waals surface area contributed by atoms with Gasteiger partial charge in [-0.1, -0.05) is 36.4 Å². The summed E-state index contributed by atoms with van der Waals surface area (Å²) in [6.45, 7) is 2.85. The number of aliphatic hydroxyl groups excluding tert-OH is 1. The molecule has 2 aromatic heterocycles. The number of aromatic nitrogens is 1. The van der Waals surface area contributed by atoms with Crippen LogP contribution in [0.2, 0.25) is 0 Å². The average Bonchev–Trinajstić information content (AvgIpc) is 3.13. The van der Waals surface area contributed by atoms with Gasteiger partial charge in [-0.25, -0.2) is 0 Å². The summed E-state index contributed by atoms with van der Waals surface area (Å²) in [6, 6.07) is 27.5. The number of carbonyl (C=O) groups excluding carboxylic acids is 1. The van der Waals surface area contributed by atoms with Crippen molar-refractivity contribution in [1.82, 2.24) is 4.98 Å². The summed E-state index contributed by atoms with van der Waals surface area (Å²) in [6.07, 6.45) is 1.17. The normalized spacial score (nSPS) is 11.1. The molecule has 0 spiro atoms. The Morgan fingerprint density at radius 3 is 2.29 bits per heavy atom. The maximum absolute atomic E-state index is 10.0. The molecule has 0 saturated heterocycles. The van der Waals surface area contributed by atoms with Crippen LogP contribution in [0.1, 0.15) is 13.8 Å². The zero-order valence-corrected chi connectivity index (χ0v) is 19.4. The number of para-hydroxylation sites is 2. The number of nitrogens with zero attached hydrogens (tertiary/aromatic N) is 1. The van der Waals surface area contributed by atoms with Gasteiger partial charge in [-0.3, -0.25) is 9.78 Å². The molecule has 5 aromatic rings. The molecule has 0 fully saturated rings. The van der Waals surface area contributed by atoms with Crippen molar-refractivity contribution in [3.63, 3.8) is 0 Å². The number of rotatable bonds is 2. The number of pyridine rings is 1. The van der Waals surface area contributed by atoms with E-state index in [2.05, 4.69) is 18.2 Å². The standard InChI is InChI=1S/C21H12NO.C5H8O2.Ir/c1-2-8-14(9-3-1)20-21-19(15-10-4-6-12-17(15)22-20)16-11-5-7-13-18(16)23-21;1-4(6)3-5(2)7;/h1-8,10-13H;3,6H,1-2H3;/q-1;;/b;4-3-;. The van der Waals surface area contributed by atoms with Gasteiger partial charge >= 0.3 is 0 Å². The van der Waals surface area contributed by atoms with Crippen LogP contribution in [0.3, 0.4) is 0 Å². The smallest absolute Gasteiger partial charge is 0.155 e. The molecule has 0 aliphatic rings. The molecule has 4 nitrogen and oxygen atoms in total. The second-order valence-electron chi connectivity index (χ2n) is 6.95. The zero-order chi connectivity index (χ0) is 21.1. The molecule has 1 N–H and O–H groups in total. The van der Waals surface area contributed by atoms with Crippen molar-refractivity contribution in [2.75, 3.05) is 0 Å². The van der Waals surface area contributed by atoms with E-state index in [9.17, 15) is 4.79 Å². The fourth-order valence-electron chi connectivity index (χ4n) is 3.45. The van der Waals surface area contributed by atoms with Crippen LogP contribution in [0.15, 0.2) is 89.0 Å². The number of furan rings is 1. The van der Waals surface area contributed by atoms with Crippen molar-refractivity contribution in [2.45, 2.75) is 13.8 Å². The van der Waals surface area contributed by atoms with Crippen LogP contribution < -0.4 is 0 Å². The summed E-state index contributed by atoms with van der Waals surface area (Å²) in [5, 5.41) is 11.7. The quantitative estimate of drug-likeness (QED) is 0.143. The van der Waals surface area contributed by atoms with Crippen LogP contribution in [0, 0.1) is 6.07 Å². The summed E-state index contributed by atoms with van der Waals surface area (Å²) in [5.74, 6) is -0.0625. The minimum atomic E-state index is -0.125. The van der Waals surface area contributed by atoms with Crippen molar-refractivity contribution in [3.05, 3.63) is 90.7 Å². The van der Waals surface area contributed by atoms with Gasteiger partial charge in [0, 0.05) is 48.0 Å². The van der Waals surface area contributed by atoms with Crippen molar-refractivity contribution < 1.29 is 34.4 Å². The Bertz CT molecular complexity index is 1380. The second kappa shape index (κ2) is 9.69. The van der Waals surface area contributed by atoms with Crippen molar-refractivity contribution in [2.24, 2.45) is 0 Å². The number of allylic oxidation sites excluding steroid dienone is 2. The number of fused-ring (bicyclic) bond motifs is 5. The first-order valence-electron chi connectivity index (χ1n) is 9.59. The van der Waals surface area contributed by atoms with Gasteiger partial charge < -0.3 is 9.52 Å². The van der Waals surface area contributed by atoms with Crippen LogP contribution in [0.4, 0.5) is 0 Å². The largest absolute Gasteiger partial charge is 0.512 e. The van der Waals surface area contributed by atoms with E-state index in [1.54, 1.807) is 0 Å². The molecule has 0 atom stereocenters. The van der Waals surface area contributed by atoms with E-state index in [1.165, 1.54) is 19.9 Å². The molecule has 31 heavy (non-hydrogen) atoms. The molecule has 1 radical (unpaired) electrons. The molecule has 0 bridgehead atoms. The third kappa shape index (κ3) is 4.74. The molecule has 0 saturated carbocycles. The van der Waals surface area contributed by atoms with E-state index < -0.39 is 0 Å². The van der Waals surface area contributed by atoms with E-state index in [4.69, 9.17) is 14.5 Å². The van der Waals surface area contributed by atoms with Gasteiger partial charge in [0.2, 0.25) is 0 Å². The number of carbonyl (C=O) groups is 1. The van der Waals surface area contributed by atoms with Gasteiger partial charge in [-0.15, -0.1) is 35.9 Å². The predicted octanol–water partition coefficient (Wildman–Crippen LogP) is 6.64. The van der Waals surface area contributed by atoms with Crippen LogP contribution in [-0.2, 0) is 24.9 Å². The van der Waals surface area contributed by atoms with Gasteiger partial charge in [0.15, 0.2) is 5.78 Å². The molecule has 3 aromatic carbocycles. The van der Waals surface area contributed by atoms with Crippen molar-refractivity contribution >= 4 is 38.6 Å². The first-order chi connectivity index (χ1) is 14.5. The van der Waals surface area contributed by atoms with E-state index in [1.807, 2.05) is 60.7 Å². The van der Waals surface area contributed by atoms with E-state index in [0.717, 1.165) is 44.1 Å². The maximum atomic E-state index is 10.0. The molecule has 5 rings (SSSR count). The molecule has 0 aliphatic heterocycles. The average molecular weight is 587 g/mol. The van der Waals surface area contributed by atoms with Crippen LogP contribution in [0.5, 0.6) is 0 Å². The van der Waals surface area contributed by atoms with E-state index in [0.29, 0.717) is 0 Å². The van der Waals surface area contributed by atoms with Gasteiger partial charge in [0.05, 0.1) is 11.3 Å². The number of ketones is 1. The van der Waals surface area contributed by atoms with Crippen molar-refractivity contribution in [3.8, 4) is 11.3 Å². The summed E-state index contributed by atoms with van der Waals surface area (Å²) in [4.78, 5) is 14.9. The van der Waals surface area contributed by atoms with E-state index >= 15 is 0 Å². The molecule has 157 valence electrons. The monoisotopic (exact) mass is 587 g/mol. The molecule has 0 aliphatic carbocycles. The summed E-state index contributed by atoms with van der Waals surface area (Å²) >= 11 is 0. The molecule has 0 unspecified atom stereocenters. The number of hydrogen-bond acceptors (Lipinski definition) is 4. The Balaban J connectivity index is 0.000000299. The fourth-order valence-corrected chi connectivity index (χ4v) is 3.45. The summed E-state index contributed by atoms with van der Waals surface area (Å²) in [5.41, 5.74) is 4.47. The Kier molecular flexibility index (Phi) is 7.01. The maximum Gasteiger partial charge on any atom is 0.155 e. The number of aliphatic hydroxyl groups is 1. The molecule has 2 heterocycles. The summed E-state index contributed by atoms with van der Waals surface area (Å²) < 4.78 is 6.16.